The number of nitrogens with two attached hydrogens (primary N) is 1. The van der Waals surface area contributed by atoms with Crippen molar-refractivity contribution in [2.45, 2.75) is 44.6 Å². The van der Waals surface area contributed by atoms with E-state index >= 15 is 0 Å². The number of nitrogens with zero attached hydrogens (tertiary/aromatic N) is 1. The quantitative estimate of drug-likeness (QED) is 0.810. The number of nitrogen functional groups attached to an aromatic ring is 1. The SMILES string of the molecule is CC(C(=O)N(CCO)C1CCCC1)c1cccc(N)c1. The Morgan fingerprint density at radius 1 is 1.45 bits per heavy atom. The Kier molecular flexibility index (Phi) is 5.01. The highest BCUT2D eigenvalue weighted by Gasteiger charge is 2.29. The molecule has 20 heavy (non-hydrogen) atoms. The van der Waals surface area contributed by atoms with Gasteiger partial charge in [0.05, 0.1) is 12.5 Å². The third-order valence-corrected chi connectivity index (χ3v) is 4.17. The number of carbonyl (C=O) groups excluding carboxylic acids is 1. The number of aliphatic hydroxyl groups is 1. The van der Waals surface area contributed by atoms with Crippen LogP contribution in [0.2, 0.25) is 0 Å². The van der Waals surface area contributed by atoms with Crippen LogP contribution in [0.1, 0.15) is 44.1 Å². The van der Waals surface area contributed by atoms with E-state index in [0.717, 1.165) is 18.4 Å². The highest BCUT2D eigenvalue weighted by Crippen LogP contribution is 2.27. The molecule has 1 fully saturated rings. The summed E-state index contributed by atoms with van der Waals surface area (Å²) in [5.74, 6) is -0.123. The van der Waals surface area contributed by atoms with E-state index in [0.29, 0.717) is 12.2 Å². The molecular weight excluding hydrogens is 252 g/mol. The zero-order valence-electron chi connectivity index (χ0n) is 12.1. The van der Waals surface area contributed by atoms with Crippen LogP contribution in [0.4, 0.5) is 5.69 Å². The second kappa shape index (κ2) is 6.75. The lowest BCUT2D eigenvalue weighted by atomic mass is 9.98. The molecule has 1 atom stereocenters. The van der Waals surface area contributed by atoms with Crippen LogP contribution in [-0.2, 0) is 4.79 Å². The van der Waals surface area contributed by atoms with Crippen LogP contribution in [0, 0.1) is 0 Å². The van der Waals surface area contributed by atoms with Crippen molar-refractivity contribution in [1.29, 1.82) is 0 Å². The predicted molar refractivity (Wildman–Crippen MR) is 80.3 cm³/mol. The van der Waals surface area contributed by atoms with Gasteiger partial charge in [-0.25, -0.2) is 0 Å². The Bertz CT molecular complexity index is 456. The number of hydrogen-bond acceptors (Lipinski definition) is 3. The second-order valence-electron chi connectivity index (χ2n) is 5.59. The zero-order chi connectivity index (χ0) is 14.5. The van der Waals surface area contributed by atoms with Gasteiger partial charge in [-0.15, -0.1) is 0 Å². The molecule has 0 bridgehead atoms. The minimum absolute atomic E-state index is 0.0197. The summed E-state index contributed by atoms with van der Waals surface area (Å²) in [6, 6.07) is 7.78. The molecule has 0 aliphatic heterocycles. The lowest BCUT2D eigenvalue weighted by molar-refractivity contribution is -0.135. The average molecular weight is 276 g/mol. The maximum Gasteiger partial charge on any atom is 0.230 e. The van der Waals surface area contributed by atoms with Crippen LogP contribution in [-0.4, -0.2) is 35.1 Å². The van der Waals surface area contributed by atoms with Gasteiger partial charge in [0.2, 0.25) is 5.91 Å². The minimum Gasteiger partial charge on any atom is -0.399 e. The van der Waals surface area contributed by atoms with Crippen molar-refractivity contribution in [2.24, 2.45) is 0 Å². The normalized spacial score (nSPS) is 17.1. The van der Waals surface area contributed by atoms with Crippen LogP contribution in [0.15, 0.2) is 24.3 Å². The molecular formula is C16H24N2O2. The first-order valence-corrected chi connectivity index (χ1v) is 7.40. The Labute approximate surface area is 120 Å². The third kappa shape index (κ3) is 3.31. The Hall–Kier alpha value is -1.55. The Morgan fingerprint density at radius 2 is 2.15 bits per heavy atom. The number of carbonyl (C=O) groups is 1. The van der Waals surface area contributed by atoms with Crippen LogP contribution in [0.5, 0.6) is 0 Å². The first-order valence-electron chi connectivity index (χ1n) is 7.40. The molecule has 1 unspecified atom stereocenters. The predicted octanol–water partition coefficient (Wildman–Crippen LogP) is 2.14. The summed E-state index contributed by atoms with van der Waals surface area (Å²) in [7, 11) is 0. The van der Waals surface area contributed by atoms with Gasteiger partial charge in [0.25, 0.3) is 0 Å². The van der Waals surface area contributed by atoms with Gasteiger partial charge in [-0.2, -0.15) is 0 Å². The topological polar surface area (TPSA) is 66.6 Å². The molecule has 110 valence electrons. The van der Waals surface area contributed by atoms with Gasteiger partial charge in [0, 0.05) is 18.3 Å². The van der Waals surface area contributed by atoms with Crippen LogP contribution < -0.4 is 5.73 Å². The highest BCUT2D eigenvalue weighted by molar-refractivity contribution is 5.84. The van der Waals surface area contributed by atoms with Crippen molar-refractivity contribution in [3.05, 3.63) is 29.8 Å². The molecule has 1 aliphatic carbocycles. The molecule has 0 aromatic heterocycles. The fourth-order valence-electron chi connectivity index (χ4n) is 3.02. The van der Waals surface area contributed by atoms with Gasteiger partial charge in [-0.3, -0.25) is 4.79 Å². The standard InChI is InChI=1S/C16H24N2O2/c1-12(13-5-4-6-14(17)11-13)16(20)18(9-10-19)15-7-2-3-8-15/h4-6,11-12,15,19H,2-3,7-10,17H2,1H3. The molecule has 0 spiro atoms. The zero-order valence-corrected chi connectivity index (χ0v) is 12.1. The van der Waals surface area contributed by atoms with Gasteiger partial charge >= 0.3 is 0 Å². The molecule has 0 heterocycles. The van der Waals surface area contributed by atoms with E-state index in [-0.39, 0.29) is 24.5 Å². The van der Waals surface area contributed by atoms with Crippen molar-refractivity contribution in [3.8, 4) is 0 Å². The van der Waals surface area contributed by atoms with E-state index in [4.69, 9.17) is 5.73 Å². The summed E-state index contributed by atoms with van der Waals surface area (Å²) in [4.78, 5) is 14.6. The van der Waals surface area contributed by atoms with Crippen molar-refractivity contribution >= 4 is 11.6 Å². The summed E-state index contributed by atoms with van der Waals surface area (Å²) in [6.07, 6.45) is 4.45. The van der Waals surface area contributed by atoms with Crippen molar-refractivity contribution in [1.82, 2.24) is 4.90 Å². The molecule has 4 nitrogen and oxygen atoms in total. The fourth-order valence-corrected chi connectivity index (χ4v) is 3.02. The molecule has 1 saturated carbocycles. The molecule has 2 rings (SSSR count). The monoisotopic (exact) mass is 276 g/mol. The largest absolute Gasteiger partial charge is 0.399 e. The molecule has 1 amide bonds. The van der Waals surface area contributed by atoms with Crippen molar-refractivity contribution < 1.29 is 9.90 Å². The van der Waals surface area contributed by atoms with Gasteiger partial charge < -0.3 is 15.7 Å². The van der Waals surface area contributed by atoms with Crippen molar-refractivity contribution in [3.63, 3.8) is 0 Å². The maximum absolute atomic E-state index is 12.7. The molecule has 1 aliphatic rings. The minimum atomic E-state index is -0.217. The Balaban J connectivity index is 2.13. The average Bonchev–Trinajstić information content (AvgIpc) is 2.97. The number of rotatable bonds is 5. The van der Waals surface area contributed by atoms with E-state index in [2.05, 4.69) is 0 Å². The number of hydrogen-bond donors (Lipinski definition) is 2. The smallest absolute Gasteiger partial charge is 0.230 e. The second-order valence-corrected chi connectivity index (χ2v) is 5.59. The molecule has 0 saturated heterocycles. The highest BCUT2D eigenvalue weighted by atomic mass is 16.3. The third-order valence-electron chi connectivity index (χ3n) is 4.17. The molecule has 1 aromatic rings. The Morgan fingerprint density at radius 3 is 2.75 bits per heavy atom. The van der Waals surface area contributed by atoms with Gasteiger partial charge in [-0.05, 0) is 37.5 Å². The van der Waals surface area contributed by atoms with E-state index < -0.39 is 0 Å². The lowest BCUT2D eigenvalue weighted by Crippen LogP contribution is -2.42. The number of aliphatic hydroxyl groups excluding tert-OH is 1. The molecule has 4 heteroatoms. The van der Waals surface area contributed by atoms with Crippen LogP contribution in [0.25, 0.3) is 0 Å². The molecule has 0 radical (unpaired) electrons. The summed E-state index contributed by atoms with van der Waals surface area (Å²) in [5, 5.41) is 9.23. The molecule has 1 aromatic carbocycles. The van der Waals surface area contributed by atoms with Crippen molar-refractivity contribution in [2.75, 3.05) is 18.9 Å². The number of anilines is 1. The first-order chi connectivity index (χ1) is 9.63. The van der Waals surface area contributed by atoms with E-state index in [1.165, 1.54) is 12.8 Å². The summed E-state index contributed by atoms with van der Waals surface area (Å²) >= 11 is 0. The number of benzene rings is 1. The van der Waals surface area contributed by atoms with E-state index in [1.807, 2.05) is 36.1 Å². The lowest BCUT2D eigenvalue weighted by Gasteiger charge is -2.31. The maximum atomic E-state index is 12.7. The van der Waals surface area contributed by atoms with Gasteiger partial charge in [-0.1, -0.05) is 25.0 Å². The summed E-state index contributed by atoms with van der Waals surface area (Å²) in [5.41, 5.74) is 7.41. The summed E-state index contributed by atoms with van der Waals surface area (Å²) < 4.78 is 0. The molecule has 3 N–H and O–H groups in total. The van der Waals surface area contributed by atoms with E-state index in [9.17, 15) is 9.90 Å². The van der Waals surface area contributed by atoms with Crippen LogP contribution in [0.3, 0.4) is 0 Å². The van der Waals surface area contributed by atoms with E-state index in [1.54, 1.807) is 0 Å². The van der Waals surface area contributed by atoms with Crippen LogP contribution >= 0.6 is 0 Å². The van der Waals surface area contributed by atoms with Gasteiger partial charge in [0.1, 0.15) is 0 Å². The number of amides is 1. The first kappa shape index (κ1) is 14.9. The van der Waals surface area contributed by atoms with Gasteiger partial charge in [0.15, 0.2) is 0 Å². The fraction of sp³-hybridized carbons (Fsp3) is 0.562. The summed E-state index contributed by atoms with van der Waals surface area (Å²) in [6.45, 7) is 2.36.